The van der Waals surface area contributed by atoms with Gasteiger partial charge in [0.25, 0.3) is 0 Å². The smallest absolute Gasteiger partial charge is 0.247 e. The van der Waals surface area contributed by atoms with E-state index in [1.807, 2.05) is 0 Å². The number of amides is 2. The van der Waals surface area contributed by atoms with E-state index in [2.05, 4.69) is 10.6 Å². The third kappa shape index (κ3) is 3.11. The maximum Gasteiger partial charge on any atom is 0.247 e. The van der Waals surface area contributed by atoms with Gasteiger partial charge in [-0.05, 0) is 24.6 Å². The number of sulfonamides is 1. The van der Waals surface area contributed by atoms with E-state index < -0.39 is 27.8 Å². The molecular weight excluding hydrogens is 289 g/mol. The quantitative estimate of drug-likeness (QED) is 0.709. The summed E-state index contributed by atoms with van der Waals surface area (Å²) in [7, 11) is -4.00. The van der Waals surface area contributed by atoms with Gasteiger partial charge in [0.15, 0.2) is 0 Å². The van der Waals surface area contributed by atoms with E-state index >= 15 is 0 Å². The van der Waals surface area contributed by atoms with E-state index in [0.717, 1.165) is 18.2 Å². The van der Waals surface area contributed by atoms with Crippen molar-refractivity contribution < 1.29 is 22.4 Å². The lowest BCUT2D eigenvalue weighted by atomic mass is 10.2. The fourth-order valence-corrected chi connectivity index (χ4v) is 2.33. The molecule has 1 atom stereocenters. The SMILES string of the molecule is NS(=O)(=O)c1ccc(NC(=O)[C@H]2CCC(=O)N2)c(F)c1. The van der Waals surface area contributed by atoms with Gasteiger partial charge in [0.1, 0.15) is 11.9 Å². The molecule has 1 aliphatic heterocycles. The first-order valence-corrected chi connectivity index (χ1v) is 7.24. The summed E-state index contributed by atoms with van der Waals surface area (Å²) in [6.45, 7) is 0. The number of nitrogens with two attached hydrogens (primary N) is 1. The highest BCUT2D eigenvalue weighted by atomic mass is 32.2. The Labute approximate surface area is 114 Å². The Balaban J connectivity index is 2.14. The molecule has 2 rings (SSSR count). The van der Waals surface area contributed by atoms with E-state index in [4.69, 9.17) is 5.14 Å². The van der Waals surface area contributed by atoms with Gasteiger partial charge in [-0.1, -0.05) is 0 Å². The zero-order valence-electron chi connectivity index (χ0n) is 10.2. The molecule has 1 saturated heterocycles. The van der Waals surface area contributed by atoms with Crippen molar-refractivity contribution in [2.45, 2.75) is 23.8 Å². The van der Waals surface area contributed by atoms with Crippen LogP contribution >= 0.6 is 0 Å². The van der Waals surface area contributed by atoms with Gasteiger partial charge in [0, 0.05) is 6.42 Å². The Kier molecular flexibility index (Phi) is 3.73. The molecule has 1 heterocycles. The summed E-state index contributed by atoms with van der Waals surface area (Å²) in [6, 6.07) is 2.20. The molecule has 20 heavy (non-hydrogen) atoms. The highest BCUT2D eigenvalue weighted by Gasteiger charge is 2.27. The lowest BCUT2D eigenvalue weighted by Gasteiger charge is -2.12. The summed E-state index contributed by atoms with van der Waals surface area (Å²) in [5.41, 5.74) is -0.177. The third-order valence-electron chi connectivity index (χ3n) is 2.84. The molecule has 0 unspecified atom stereocenters. The molecule has 0 radical (unpaired) electrons. The van der Waals surface area contributed by atoms with E-state index in [0.29, 0.717) is 6.42 Å². The monoisotopic (exact) mass is 301 g/mol. The maximum absolute atomic E-state index is 13.7. The van der Waals surface area contributed by atoms with Crippen LogP contribution in [0.4, 0.5) is 10.1 Å². The Morgan fingerprint density at radius 3 is 2.65 bits per heavy atom. The molecule has 9 heteroatoms. The first-order valence-electron chi connectivity index (χ1n) is 5.70. The van der Waals surface area contributed by atoms with Crippen molar-refractivity contribution in [2.24, 2.45) is 5.14 Å². The second-order valence-electron chi connectivity index (χ2n) is 4.33. The Bertz CT molecular complexity index is 674. The number of rotatable bonds is 3. The summed E-state index contributed by atoms with van der Waals surface area (Å²) >= 11 is 0. The van der Waals surface area contributed by atoms with E-state index in [1.165, 1.54) is 0 Å². The second-order valence-corrected chi connectivity index (χ2v) is 5.90. The van der Waals surface area contributed by atoms with Crippen LogP contribution in [0.3, 0.4) is 0 Å². The molecule has 1 aromatic carbocycles. The van der Waals surface area contributed by atoms with Crippen LogP contribution in [0, 0.1) is 5.82 Å². The largest absolute Gasteiger partial charge is 0.344 e. The van der Waals surface area contributed by atoms with Crippen LogP contribution < -0.4 is 15.8 Å². The topological polar surface area (TPSA) is 118 Å². The molecule has 2 amide bonds. The molecule has 0 aromatic heterocycles. The molecule has 1 aromatic rings. The molecule has 0 saturated carbocycles. The van der Waals surface area contributed by atoms with Crippen molar-refractivity contribution in [3.63, 3.8) is 0 Å². The van der Waals surface area contributed by atoms with Gasteiger partial charge < -0.3 is 10.6 Å². The Morgan fingerprint density at radius 2 is 2.15 bits per heavy atom. The first kappa shape index (κ1) is 14.4. The van der Waals surface area contributed by atoms with Gasteiger partial charge >= 0.3 is 0 Å². The van der Waals surface area contributed by atoms with E-state index in [-0.39, 0.29) is 22.9 Å². The highest BCUT2D eigenvalue weighted by Crippen LogP contribution is 2.19. The third-order valence-corrected chi connectivity index (χ3v) is 3.75. The molecule has 1 aliphatic rings. The van der Waals surface area contributed by atoms with E-state index in [1.54, 1.807) is 0 Å². The van der Waals surface area contributed by atoms with Crippen LogP contribution in [-0.2, 0) is 19.6 Å². The number of hydrogen-bond acceptors (Lipinski definition) is 4. The summed E-state index contributed by atoms with van der Waals surface area (Å²) < 4.78 is 35.8. The number of hydrogen-bond donors (Lipinski definition) is 3. The van der Waals surface area contributed by atoms with Gasteiger partial charge in [0.2, 0.25) is 21.8 Å². The molecule has 108 valence electrons. The maximum atomic E-state index is 13.7. The van der Waals surface area contributed by atoms with Crippen LogP contribution in [0.5, 0.6) is 0 Å². The summed E-state index contributed by atoms with van der Waals surface area (Å²) in [6.07, 6.45) is 0.576. The van der Waals surface area contributed by atoms with Crippen LogP contribution in [0.15, 0.2) is 23.1 Å². The number of halogens is 1. The van der Waals surface area contributed by atoms with Crippen molar-refractivity contribution in [3.05, 3.63) is 24.0 Å². The lowest BCUT2D eigenvalue weighted by molar-refractivity contribution is -0.122. The fourth-order valence-electron chi connectivity index (χ4n) is 1.80. The zero-order chi connectivity index (χ0) is 14.9. The van der Waals surface area contributed by atoms with E-state index in [9.17, 15) is 22.4 Å². The zero-order valence-corrected chi connectivity index (χ0v) is 11.0. The normalized spacial score (nSPS) is 18.7. The summed E-state index contributed by atoms with van der Waals surface area (Å²) in [4.78, 5) is 22.4. The van der Waals surface area contributed by atoms with Crippen molar-refractivity contribution in [1.82, 2.24) is 5.32 Å². The number of nitrogens with one attached hydrogen (secondary N) is 2. The Hall–Kier alpha value is -2.00. The van der Waals surface area contributed by atoms with Gasteiger partial charge in [-0.3, -0.25) is 9.59 Å². The highest BCUT2D eigenvalue weighted by molar-refractivity contribution is 7.89. The molecular formula is C11H12FN3O4S. The predicted molar refractivity (Wildman–Crippen MR) is 67.6 cm³/mol. The van der Waals surface area contributed by atoms with Gasteiger partial charge in [-0.2, -0.15) is 0 Å². The average Bonchev–Trinajstić information content (AvgIpc) is 2.77. The van der Waals surface area contributed by atoms with Crippen molar-refractivity contribution in [1.29, 1.82) is 0 Å². The first-order chi connectivity index (χ1) is 9.27. The van der Waals surface area contributed by atoms with Gasteiger partial charge in [-0.15, -0.1) is 0 Å². The number of carbonyl (C=O) groups excluding carboxylic acids is 2. The molecule has 0 aliphatic carbocycles. The second kappa shape index (κ2) is 5.17. The molecule has 0 bridgehead atoms. The molecule has 0 spiro atoms. The lowest BCUT2D eigenvalue weighted by Crippen LogP contribution is -2.37. The Morgan fingerprint density at radius 1 is 1.45 bits per heavy atom. The van der Waals surface area contributed by atoms with Crippen molar-refractivity contribution >= 4 is 27.5 Å². The minimum atomic E-state index is -4.00. The van der Waals surface area contributed by atoms with Crippen LogP contribution in [0.1, 0.15) is 12.8 Å². The van der Waals surface area contributed by atoms with Crippen molar-refractivity contribution in [2.75, 3.05) is 5.32 Å². The summed E-state index contributed by atoms with van der Waals surface area (Å²) in [5, 5.41) is 9.59. The minimum Gasteiger partial charge on any atom is -0.344 e. The number of anilines is 1. The number of primary sulfonamides is 1. The van der Waals surface area contributed by atoms with Crippen LogP contribution in [0.25, 0.3) is 0 Å². The van der Waals surface area contributed by atoms with Crippen LogP contribution in [-0.4, -0.2) is 26.3 Å². The molecule has 1 fully saturated rings. The fraction of sp³-hybridized carbons (Fsp3) is 0.273. The minimum absolute atomic E-state index is 0.177. The van der Waals surface area contributed by atoms with Crippen molar-refractivity contribution in [3.8, 4) is 0 Å². The molecule has 4 N–H and O–H groups in total. The van der Waals surface area contributed by atoms with Crippen LogP contribution in [0.2, 0.25) is 0 Å². The standard InChI is InChI=1S/C11H12FN3O4S/c12-7-5-6(20(13,18)19)1-2-8(7)15-11(17)9-3-4-10(16)14-9/h1-2,5,9H,3-4H2,(H,14,16)(H,15,17)(H2,13,18,19)/t9-/m1/s1. The predicted octanol–water partition coefficient (Wildman–Crippen LogP) is -0.310. The van der Waals surface area contributed by atoms with Gasteiger partial charge in [-0.25, -0.2) is 17.9 Å². The van der Waals surface area contributed by atoms with Gasteiger partial charge in [0.05, 0.1) is 10.6 Å². The number of carbonyl (C=O) groups is 2. The number of benzene rings is 1. The average molecular weight is 301 g/mol. The summed E-state index contributed by atoms with van der Waals surface area (Å²) in [5.74, 6) is -1.72. The molecule has 7 nitrogen and oxygen atoms in total.